The van der Waals surface area contributed by atoms with Gasteiger partial charge in [-0.2, -0.15) is 0 Å². The molecule has 2 aliphatic rings. The van der Waals surface area contributed by atoms with Crippen molar-refractivity contribution in [2.45, 2.75) is 0 Å². The van der Waals surface area contributed by atoms with Crippen LogP contribution in [0.5, 0.6) is 0 Å². The molecule has 0 atom stereocenters. The molecule has 0 aliphatic carbocycles. The second-order valence-corrected chi connectivity index (χ2v) is 2.66. The molecule has 0 unspecified atom stereocenters. The largest absolute Gasteiger partial charge is 0.313 e. The average molecular weight is 165 g/mol. The molecule has 2 heterocycles. The van der Waals surface area contributed by atoms with Crippen molar-refractivity contribution in [2.75, 3.05) is 6.54 Å². The van der Waals surface area contributed by atoms with Crippen molar-refractivity contribution in [1.82, 2.24) is 4.90 Å². The molecule has 3 nitrogen and oxygen atoms in total. The van der Waals surface area contributed by atoms with E-state index >= 15 is 0 Å². The van der Waals surface area contributed by atoms with Gasteiger partial charge in [-0.25, -0.2) is 9.98 Å². The van der Waals surface area contributed by atoms with Gasteiger partial charge >= 0.3 is 0 Å². The lowest BCUT2D eigenvalue weighted by Gasteiger charge is -2.22. The van der Waals surface area contributed by atoms with E-state index in [9.17, 15) is 0 Å². The summed E-state index contributed by atoms with van der Waals surface area (Å²) in [7, 11) is 0. The van der Waals surface area contributed by atoms with Crippen LogP contribution in [0.15, 0.2) is 34.0 Å². The summed E-state index contributed by atoms with van der Waals surface area (Å²) in [6, 6.07) is 0. The minimum absolute atomic E-state index is 0.516. The highest BCUT2D eigenvalue weighted by Gasteiger charge is 2.10. The third-order valence-corrected chi connectivity index (χ3v) is 1.72. The topological polar surface area (TPSA) is 28.0 Å². The van der Waals surface area contributed by atoms with E-state index in [-0.39, 0.29) is 0 Å². The number of rotatable bonds is 0. The van der Waals surface area contributed by atoms with Crippen molar-refractivity contribution in [1.29, 1.82) is 0 Å². The summed E-state index contributed by atoms with van der Waals surface area (Å²) in [4.78, 5) is 10.0. The third kappa shape index (κ3) is 1.21. The van der Waals surface area contributed by atoms with Gasteiger partial charge in [0.25, 0.3) is 0 Å². The Morgan fingerprint density at radius 1 is 1.55 bits per heavy atom. The molecular formula is C7H7N3S. The average Bonchev–Trinajstić information content (AvgIpc) is 2.04. The van der Waals surface area contributed by atoms with Crippen LogP contribution in [0.3, 0.4) is 0 Å². The second kappa shape index (κ2) is 2.54. The van der Waals surface area contributed by atoms with Crippen LogP contribution >= 0.6 is 12.6 Å². The van der Waals surface area contributed by atoms with Gasteiger partial charge < -0.3 is 4.90 Å². The number of hydrogen-bond donors (Lipinski definition) is 1. The number of aliphatic imine (C=N–C) groups is 2. The molecule has 0 bridgehead atoms. The van der Waals surface area contributed by atoms with Crippen molar-refractivity contribution in [3.63, 3.8) is 0 Å². The first-order valence-electron chi connectivity index (χ1n) is 3.31. The Morgan fingerprint density at radius 2 is 2.45 bits per heavy atom. The van der Waals surface area contributed by atoms with E-state index in [2.05, 4.69) is 28.7 Å². The SMILES string of the molecule is SC1=NC2=CC=CCN2C=N1. The van der Waals surface area contributed by atoms with E-state index in [1.165, 1.54) is 0 Å². The maximum atomic E-state index is 4.12. The van der Waals surface area contributed by atoms with Gasteiger partial charge in [0.1, 0.15) is 5.82 Å². The second-order valence-electron chi connectivity index (χ2n) is 2.26. The lowest BCUT2D eigenvalue weighted by Crippen LogP contribution is -2.25. The fourth-order valence-electron chi connectivity index (χ4n) is 0.978. The summed E-state index contributed by atoms with van der Waals surface area (Å²) in [5.41, 5.74) is 0. The summed E-state index contributed by atoms with van der Waals surface area (Å²) in [5.74, 6) is 0.910. The van der Waals surface area contributed by atoms with E-state index in [1.54, 1.807) is 6.34 Å². The molecule has 0 saturated carbocycles. The van der Waals surface area contributed by atoms with Crippen LogP contribution in [0.4, 0.5) is 0 Å². The molecule has 11 heavy (non-hydrogen) atoms. The molecule has 0 aromatic carbocycles. The first-order chi connectivity index (χ1) is 5.36. The third-order valence-electron chi connectivity index (χ3n) is 1.50. The quantitative estimate of drug-likeness (QED) is 0.533. The number of hydrogen-bond acceptors (Lipinski definition) is 3. The highest BCUT2D eigenvalue weighted by Crippen LogP contribution is 2.13. The standard InChI is InChI=1S/C7H7N3S/c11-7-8-5-10-4-2-1-3-6(10)9-7/h1-3,5H,4H2,(H,9,11). The molecular weight excluding hydrogens is 158 g/mol. The molecule has 2 aliphatic heterocycles. The van der Waals surface area contributed by atoms with Crippen LogP contribution in [0, 0.1) is 0 Å². The van der Waals surface area contributed by atoms with Crippen LogP contribution in [0.2, 0.25) is 0 Å². The summed E-state index contributed by atoms with van der Waals surface area (Å²) in [6.07, 6.45) is 7.71. The fraction of sp³-hybridized carbons (Fsp3) is 0.143. The predicted molar refractivity (Wildman–Crippen MR) is 48.8 cm³/mol. The summed E-state index contributed by atoms with van der Waals surface area (Å²) >= 11 is 4.04. The Kier molecular flexibility index (Phi) is 1.54. The van der Waals surface area contributed by atoms with E-state index in [0.717, 1.165) is 12.4 Å². The Hall–Kier alpha value is -1.03. The zero-order chi connectivity index (χ0) is 7.68. The van der Waals surface area contributed by atoms with Crippen LogP contribution < -0.4 is 0 Å². The van der Waals surface area contributed by atoms with Crippen LogP contribution in [-0.2, 0) is 0 Å². The molecule has 0 aromatic rings. The lowest BCUT2D eigenvalue weighted by atomic mass is 10.3. The maximum absolute atomic E-state index is 4.12. The Balaban J connectivity index is 2.35. The molecule has 0 spiro atoms. The minimum atomic E-state index is 0.516. The van der Waals surface area contributed by atoms with Gasteiger partial charge in [-0.05, 0) is 6.08 Å². The van der Waals surface area contributed by atoms with E-state index < -0.39 is 0 Å². The van der Waals surface area contributed by atoms with Crippen molar-refractivity contribution >= 4 is 24.1 Å². The summed E-state index contributed by atoms with van der Waals surface area (Å²) in [5, 5.41) is 0.516. The van der Waals surface area contributed by atoms with E-state index in [4.69, 9.17) is 0 Å². The number of nitrogens with zero attached hydrogens (tertiary/aromatic N) is 3. The van der Waals surface area contributed by atoms with Gasteiger partial charge in [0, 0.05) is 6.54 Å². The van der Waals surface area contributed by atoms with Gasteiger partial charge in [0.05, 0.1) is 6.34 Å². The Labute approximate surface area is 70.2 Å². The molecule has 0 amide bonds. The zero-order valence-electron chi connectivity index (χ0n) is 5.81. The normalized spacial score (nSPS) is 21.0. The highest BCUT2D eigenvalue weighted by molar-refractivity contribution is 7.97. The van der Waals surface area contributed by atoms with Crippen molar-refractivity contribution < 1.29 is 0 Å². The summed E-state index contributed by atoms with van der Waals surface area (Å²) < 4.78 is 0. The molecule has 0 radical (unpaired) electrons. The van der Waals surface area contributed by atoms with Crippen molar-refractivity contribution in [3.05, 3.63) is 24.0 Å². The molecule has 2 rings (SSSR count). The maximum Gasteiger partial charge on any atom is 0.187 e. The zero-order valence-corrected chi connectivity index (χ0v) is 6.70. The minimum Gasteiger partial charge on any atom is -0.313 e. The van der Waals surface area contributed by atoms with Gasteiger partial charge in [0.2, 0.25) is 0 Å². The Bertz CT molecular complexity index is 288. The van der Waals surface area contributed by atoms with Gasteiger partial charge in [-0.1, -0.05) is 12.2 Å². The lowest BCUT2D eigenvalue weighted by molar-refractivity contribution is 0.568. The predicted octanol–water partition coefficient (Wildman–Crippen LogP) is 1.03. The molecule has 0 aromatic heterocycles. The van der Waals surface area contributed by atoms with Gasteiger partial charge in [-0.3, -0.25) is 0 Å². The molecule has 0 N–H and O–H groups in total. The molecule has 0 saturated heterocycles. The van der Waals surface area contributed by atoms with Gasteiger partial charge in [0.15, 0.2) is 5.17 Å². The molecule has 0 fully saturated rings. The number of allylic oxidation sites excluding steroid dienone is 2. The monoisotopic (exact) mass is 165 g/mol. The number of thiol groups is 1. The first-order valence-corrected chi connectivity index (χ1v) is 3.76. The highest BCUT2D eigenvalue weighted by atomic mass is 32.1. The first kappa shape index (κ1) is 6.67. The summed E-state index contributed by atoms with van der Waals surface area (Å²) in [6.45, 7) is 0.847. The van der Waals surface area contributed by atoms with Gasteiger partial charge in [-0.15, -0.1) is 12.6 Å². The van der Waals surface area contributed by atoms with Crippen LogP contribution in [0.1, 0.15) is 0 Å². The van der Waals surface area contributed by atoms with E-state index in [0.29, 0.717) is 5.17 Å². The molecule has 56 valence electrons. The fourth-order valence-corrected chi connectivity index (χ4v) is 1.13. The molecule has 4 heteroatoms. The van der Waals surface area contributed by atoms with Crippen LogP contribution in [0.25, 0.3) is 0 Å². The van der Waals surface area contributed by atoms with E-state index in [1.807, 2.05) is 17.1 Å². The van der Waals surface area contributed by atoms with Crippen molar-refractivity contribution in [3.8, 4) is 0 Å². The number of fused-ring (bicyclic) bond motifs is 1. The number of amidine groups is 1. The Morgan fingerprint density at radius 3 is 3.36 bits per heavy atom. The van der Waals surface area contributed by atoms with Crippen molar-refractivity contribution in [2.24, 2.45) is 9.98 Å². The van der Waals surface area contributed by atoms with Crippen LogP contribution in [-0.4, -0.2) is 23.0 Å². The smallest absolute Gasteiger partial charge is 0.187 e.